The van der Waals surface area contributed by atoms with Crippen LogP contribution in [0.15, 0.2) is 30.6 Å². The molecule has 1 aliphatic rings. The first-order chi connectivity index (χ1) is 11.1. The highest BCUT2D eigenvalue weighted by Crippen LogP contribution is 2.37. The van der Waals surface area contributed by atoms with Gasteiger partial charge in [0.25, 0.3) is 0 Å². The van der Waals surface area contributed by atoms with Crippen molar-refractivity contribution in [3.05, 3.63) is 57.8 Å². The second-order valence-electron chi connectivity index (χ2n) is 5.40. The molecule has 0 bridgehead atoms. The van der Waals surface area contributed by atoms with Crippen LogP contribution in [0.1, 0.15) is 18.1 Å². The smallest absolute Gasteiger partial charge is 0.164 e. The summed E-state index contributed by atoms with van der Waals surface area (Å²) in [6.07, 6.45) is 3.05. The number of nitrogens with zero attached hydrogens (tertiary/aromatic N) is 1. The van der Waals surface area contributed by atoms with Crippen LogP contribution in [0.5, 0.6) is 5.75 Å². The molecule has 0 saturated carbocycles. The van der Waals surface area contributed by atoms with E-state index in [1.54, 1.807) is 6.20 Å². The van der Waals surface area contributed by atoms with E-state index in [9.17, 15) is 8.78 Å². The molecule has 1 unspecified atom stereocenters. The molecule has 1 aromatic carbocycles. The second-order valence-corrected chi connectivity index (χ2v) is 6.19. The van der Waals surface area contributed by atoms with Crippen molar-refractivity contribution in [1.82, 2.24) is 10.3 Å². The lowest BCUT2D eigenvalue weighted by Crippen LogP contribution is -2.22. The van der Waals surface area contributed by atoms with Gasteiger partial charge in [-0.3, -0.25) is 4.98 Å². The minimum Gasteiger partial charge on any atom is -0.484 e. The van der Waals surface area contributed by atoms with E-state index in [0.717, 1.165) is 25.7 Å². The third kappa shape index (κ3) is 3.57. The van der Waals surface area contributed by atoms with Gasteiger partial charge >= 0.3 is 0 Å². The predicted molar refractivity (Wildman–Crippen MR) is 85.0 cm³/mol. The van der Waals surface area contributed by atoms with Crippen LogP contribution >= 0.6 is 23.2 Å². The molecule has 3 nitrogen and oxygen atoms in total. The molecular formula is C16H14Cl2F2N2O. The van der Waals surface area contributed by atoms with Crippen LogP contribution in [-0.4, -0.2) is 18.1 Å². The van der Waals surface area contributed by atoms with Gasteiger partial charge in [-0.05, 0) is 31.2 Å². The fourth-order valence-electron chi connectivity index (χ4n) is 2.69. The number of ether oxygens (including phenoxy) is 1. The highest BCUT2D eigenvalue weighted by Gasteiger charge is 2.29. The summed E-state index contributed by atoms with van der Waals surface area (Å²) in [5, 5.41) is 2.98. The third-order valence-corrected chi connectivity index (χ3v) is 4.48. The molecule has 0 aliphatic carbocycles. The van der Waals surface area contributed by atoms with Gasteiger partial charge in [0, 0.05) is 24.2 Å². The highest BCUT2D eigenvalue weighted by molar-refractivity contribution is 6.35. The first-order valence-corrected chi connectivity index (χ1v) is 7.93. The van der Waals surface area contributed by atoms with Crippen molar-refractivity contribution in [1.29, 1.82) is 0 Å². The average Bonchev–Trinajstić information content (AvgIpc) is 3.06. The summed E-state index contributed by atoms with van der Waals surface area (Å²) in [6, 6.07) is 4.26. The van der Waals surface area contributed by atoms with E-state index in [-0.39, 0.29) is 21.7 Å². The number of aromatic nitrogens is 1. The number of benzene rings is 1. The van der Waals surface area contributed by atoms with Gasteiger partial charge in [-0.25, -0.2) is 8.78 Å². The lowest BCUT2D eigenvalue weighted by Gasteiger charge is -2.25. The van der Waals surface area contributed by atoms with Crippen molar-refractivity contribution < 1.29 is 13.5 Å². The fourth-order valence-corrected chi connectivity index (χ4v) is 3.11. The van der Waals surface area contributed by atoms with E-state index in [2.05, 4.69) is 10.3 Å². The Kier molecular flexibility index (Phi) is 4.99. The van der Waals surface area contributed by atoms with Crippen LogP contribution in [0.3, 0.4) is 0 Å². The van der Waals surface area contributed by atoms with Crippen LogP contribution in [0.2, 0.25) is 10.0 Å². The largest absolute Gasteiger partial charge is 0.484 e. The summed E-state index contributed by atoms with van der Waals surface area (Å²) < 4.78 is 33.3. The number of rotatable bonds is 4. The normalized spacial score (nSPS) is 18.9. The minimum absolute atomic E-state index is 0.0751. The molecular weight excluding hydrogens is 345 g/mol. The van der Waals surface area contributed by atoms with Crippen molar-refractivity contribution in [2.45, 2.75) is 12.5 Å². The maximum atomic E-state index is 13.9. The monoisotopic (exact) mass is 358 g/mol. The average molecular weight is 359 g/mol. The zero-order chi connectivity index (χ0) is 16.4. The van der Waals surface area contributed by atoms with Crippen LogP contribution in [0.4, 0.5) is 8.78 Å². The first kappa shape index (κ1) is 16.4. The van der Waals surface area contributed by atoms with Gasteiger partial charge in [0.2, 0.25) is 0 Å². The van der Waals surface area contributed by atoms with Crippen molar-refractivity contribution in [2.75, 3.05) is 13.1 Å². The molecule has 1 aliphatic heterocycles. The Hall–Kier alpha value is -1.43. The quantitative estimate of drug-likeness (QED) is 0.822. The van der Waals surface area contributed by atoms with Crippen molar-refractivity contribution >= 4 is 23.2 Å². The Morgan fingerprint density at radius 2 is 2.09 bits per heavy atom. The number of hydrogen-bond donors (Lipinski definition) is 1. The highest BCUT2D eigenvalue weighted by atomic mass is 35.5. The van der Waals surface area contributed by atoms with E-state index in [1.165, 1.54) is 18.2 Å². The Balaban J connectivity index is 1.94. The first-order valence-electron chi connectivity index (χ1n) is 7.17. The van der Waals surface area contributed by atoms with E-state index >= 15 is 0 Å². The van der Waals surface area contributed by atoms with Gasteiger partial charge in [0.05, 0.1) is 11.2 Å². The lowest BCUT2D eigenvalue weighted by atomic mass is 9.96. The molecule has 7 heteroatoms. The maximum Gasteiger partial charge on any atom is 0.164 e. The molecule has 0 amide bonds. The van der Waals surface area contributed by atoms with Gasteiger partial charge in [-0.2, -0.15) is 0 Å². The van der Waals surface area contributed by atoms with Crippen LogP contribution in [0, 0.1) is 17.6 Å². The van der Waals surface area contributed by atoms with E-state index in [1.807, 2.05) is 0 Å². The molecule has 1 fully saturated rings. The molecule has 1 saturated heterocycles. The summed E-state index contributed by atoms with van der Waals surface area (Å²) >= 11 is 11.7. The molecule has 1 aromatic heterocycles. The Bertz CT molecular complexity index is 708. The standard InChI is InChI=1S/C16H14Cl2F2N2O/c17-12-1-2-13(14(18)15(12)20)23-16(9-3-4-21-6-9)10-5-11(19)8-22-7-10/h1-2,5,7-9,16,21H,3-4,6H2/t9?,16-/m0/s1. The summed E-state index contributed by atoms with van der Waals surface area (Å²) in [6.45, 7) is 1.56. The summed E-state index contributed by atoms with van der Waals surface area (Å²) in [4.78, 5) is 3.87. The summed E-state index contributed by atoms with van der Waals surface area (Å²) in [7, 11) is 0. The minimum atomic E-state index is -0.730. The van der Waals surface area contributed by atoms with E-state index in [4.69, 9.17) is 27.9 Å². The van der Waals surface area contributed by atoms with Crippen molar-refractivity contribution in [3.8, 4) is 5.75 Å². The van der Waals surface area contributed by atoms with Crippen LogP contribution < -0.4 is 10.1 Å². The van der Waals surface area contributed by atoms with Gasteiger partial charge in [0.1, 0.15) is 22.7 Å². The van der Waals surface area contributed by atoms with Gasteiger partial charge in [0.15, 0.2) is 5.82 Å². The number of halogens is 4. The molecule has 23 heavy (non-hydrogen) atoms. The number of hydrogen-bond acceptors (Lipinski definition) is 3. The molecule has 2 heterocycles. The van der Waals surface area contributed by atoms with Gasteiger partial charge in [-0.15, -0.1) is 0 Å². The summed E-state index contributed by atoms with van der Waals surface area (Å²) in [5.74, 6) is -0.898. The molecule has 0 spiro atoms. The fraction of sp³-hybridized carbons (Fsp3) is 0.312. The Morgan fingerprint density at radius 1 is 1.26 bits per heavy atom. The molecule has 2 atom stereocenters. The molecule has 1 N–H and O–H groups in total. The lowest BCUT2D eigenvalue weighted by molar-refractivity contribution is 0.143. The van der Waals surface area contributed by atoms with Crippen LogP contribution in [-0.2, 0) is 0 Å². The Labute approximate surface area is 142 Å². The topological polar surface area (TPSA) is 34.1 Å². The Morgan fingerprint density at radius 3 is 2.78 bits per heavy atom. The maximum absolute atomic E-state index is 13.9. The molecule has 0 radical (unpaired) electrons. The van der Waals surface area contributed by atoms with Crippen LogP contribution in [0.25, 0.3) is 0 Å². The molecule has 122 valence electrons. The number of nitrogens with one attached hydrogen (secondary N) is 1. The zero-order valence-electron chi connectivity index (χ0n) is 12.0. The SMILES string of the molecule is Fc1cncc([C@@H](Oc2ccc(Cl)c(F)c2Cl)C2CCNC2)c1. The summed E-state index contributed by atoms with van der Waals surface area (Å²) in [5.41, 5.74) is 0.588. The van der Waals surface area contributed by atoms with Crippen molar-refractivity contribution in [2.24, 2.45) is 5.92 Å². The number of pyridine rings is 1. The van der Waals surface area contributed by atoms with E-state index < -0.39 is 17.7 Å². The molecule has 2 aromatic rings. The van der Waals surface area contributed by atoms with E-state index in [0.29, 0.717) is 5.56 Å². The molecule has 3 rings (SSSR count). The predicted octanol–water partition coefficient (Wildman–Crippen LogP) is 4.40. The second kappa shape index (κ2) is 6.99. The third-order valence-electron chi connectivity index (χ3n) is 3.83. The van der Waals surface area contributed by atoms with Crippen molar-refractivity contribution in [3.63, 3.8) is 0 Å². The zero-order valence-corrected chi connectivity index (χ0v) is 13.5. The van der Waals surface area contributed by atoms with Gasteiger partial charge in [-0.1, -0.05) is 23.2 Å². The van der Waals surface area contributed by atoms with Gasteiger partial charge < -0.3 is 10.1 Å².